The number of aromatic nitrogens is 2. The summed E-state index contributed by atoms with van der Waals surface area (Å²) >= 11 is 5.80. The van der Waals surface area contributed by atoms with Crippen LogP contribution in [0, 0.1) is 0 Å². The van der Waals surface area contributed by atoms with Crippen LogP contribution >= 0.6 is 11.6 Å². The predicted molar refractivity (Wildman–Crippen MR) is 66.0 cm³/mol. The van der Waals surface area contributed by atoms with Gasteiger partial charge in [0.1, 0.15) is 0 Å². The van der Waals surface area contributed by atoms with Crippen LogP contribution in [0.2, 0.25) is 5.02 Å². The molecule has 0 saturated carbocycles. The van der Waals surface area contributed by atoms with Crippen LogP contribution in [0.25, 0.3) is 11.4 Å². The number of rotatable bonds is 2. The second-order valence-electron chi connectivity index (χ2n) is 3.82. The van der Waals surface area contributed by atoms with Gasteiger partial charge in [-0.15, -0.1) is 0 Å². The minimum atomic E-state index is -4.59. The molecular formula is C12H7ClF3N3O. The summed E-state index contributed by atoms with van der Waals surface area (Å²) in [6.45, 7) is 0. The summed E-state index contributed by atoms with van der Waals surface area (Å²) in [4.78, 5) is 18.3. The smallest absolute Gasteiger partial charge is 0.366 e. The Kier molecular flexibility index (Phi) is 3.63. The molecule has 1 aromatic heterocycles. The van der Waals surface area contributed by atoms with Gasteiger partial charge < -0.3 is 5.73 Å². The number of halogens is 4. The van der Waals surface area contributed by atoms with Crippen molar-refractivity contribution in [2.45, 2.75) is 6.18 Å². The highest BCUT2D eigenvalue weighted by Gasteiger charge is 2.35. The van der Waals surface area contributed by atoms with Gasteiger partial charge in [0.05, 0.1) is 16.1 Å². The number of carbonyl (C=O) groups is 1. The van der Waals surface area contributed by atoms with E-state index in [0.29, 0.717) is 0 Å². The summed E-state index contributed by atoms with van der Waals surface area (Å²) in [5.41, 5.74) is 3.72. The van der Waals surface area contributed by atoms with Crippen molar-refractivity contribution in [2.75, 3.05) is 0 Å². The average Bonchev–Trinajstić information content (AvgIpc) is 2.37. The molecule has 0 unspecified atom stereocenters. The summed E-state index contributed by atoms with van der Waals surface area (Å²) in [6.07, 6.45) is -2.49. The largest absolute Gasteiger partial charge is 0.417 e. The van der Waals surface area contributed by atoms with Crippen molar-refractivity contribution in [3.63, 3.8) is 0 Å². The molecule has 1 heterocycles. The fraction of sp³-hybridized carbons (Fsp3) is 0.0833. The van der Waals surface area contributed by atoms with Crippen LogP contribution < -0.4 is 5.73 Å². The fourth-order valence-corrected chi connectivity index (χ4v) is 1.83. The Bertz CT molecular complexity index is 656. The molecule has 4 nitrogen and oxygen atoms in total. The predicted octanol–water partition coefficient (Wildman–Crippen LogP) is 2.91. The average molecular weight is 302 g/mol. The van der Waals surface area contributed by atoms with Crippen LogP contribution in [-0.4, -0.2) is 15.9 Å². The van der Waals surface area contributed by atoms with Gasteiger partial charge in [-0.2, -0.15) is 13.2 Å². The molecular weight excluding hydrogens is 295 g/mol. The van der Waals surface area contributed by atoms with Gasteiger partial charge in [-0.25, -0.2) is 9.97 Å². The number of hydrogen-bond acceptors (Lipinski definition) is 3. The van der Waals surface area contributed by atoms with Crippen molar-refractivity contribution in [3.05, 3.63) is 46.7 Å². The van der Waals surface area contributed by atoms with Crippen molar-refractivity contribution >= 4 is 17.5 Å². The third-order valence-electron chi connectivity index (χ3n) is 2.48. The van der Waals surface area contributed by atoms with E-state index in [2.05, 4.69) is 9.97 Å². The van der Waals surface area contributed by atoms with E-state index < -0.39 is 17.6 Å². The van der Waals surface area contributed by atoms with E-state index in [1.54, 1.807) is 0 Å². The Labute approximate surface area is 116 Å². The van der Waals surface area contributed by atoms with E-state index in [1.807, 2.05) is 0 Å². The molecule has 0 aliphatic carbocycles. The lowest BCUT2D eigenvalue weighted by Crippen LogP contribution is -2.12. The van der Waals surface area contributed by atoms with Crippen LogP contribution in [0.3, 0.4) is 0 Å². The minimum Gasteiger partial charge on any atom is -0.366 e. The molecule has 0 aliphatic rings. The second kappa shape index (κ2) is 5.09. The molecule has 2 N–H and O–H groups in total. The normalized spacial score (nSPS) is 11.4. The highest BCUT2D eigenvalue weighted by atomic mass is 35.5. The van der Waals surface area contributed by atoms with Gasteiger partial charge in [-0.3, -0.25) is 4.79 Å². The van der Waals surface area contributed by atoms with Crippen LogP contribution in [0.15, 0.2) is 30.6 Å². The van der Waals surface area contributed by atoms with Gasteiger partial charge in [-0.1, -0.05) is 17.7 Å². The number of benzene rings is 1. The molecule has 0 spiro atoms. The Balaban J connectivity index is 2.60. The van der Waals surface area contributed by atoms with E-state index in [-0.39, 0.29) is 22.0 Å². The lowest BCUT2D eigenvalue weighted by Gasteiger charge is -2.13. The van der Waals surface area contributed by atoms with Crippen LogP contribution in [0.1, 0.15) is 15.9 Å². The maximum atomic E-state index is 12.9. The van der Waals surface area contributed by atoms with Crippen LogP contribution in [-0.2, 0) is 6.18 Å². The summed E-state index contributed by atoms with van der Waals surface area (Å²) in [5.74, 6) is -1.00. The SMILES string of the molecule is NC(=O)c1cnc(-c2c(Cl)cccc2C(F)(F)F)nc1. The lowest BCUT2D eigenvalue weighted by atomic mass is 10.1. The molecule has 0 saturated heterocycles. The van der Waals surface area contributed by atoms with Crippen LogP contribution in [0.5, 0.6) is 0 Å². The first kappa shape index (κ1) is 14.3. The quantitative estimate of drug-likeness (QED) is 0.927. The monoisotopic (exact) mass is 301 g/mol. The van der Waals surface area contributed by atoms with Gasteiger partial charge >= 0.3 is 6.18 Å². The van der Waals surface area contributed by atoms with Crippen molar-refractivity contribution in [1.82, 2.24) is 9.97 Å². The first-order valence-electron chi connectivity index (χ1n) is 5.28. The summed E-state index contributed by atoms with van der Waals surface area (Å²) in [6, 6.07) is 3.37. The summed E-state index contributed by atoms with van der Waals surface area (Å²) in [5, 5.41) is -0.133. The number of alkyl halides is 3. The molecule has 8 heteroatoms. The minimum absolute atomic E-state index is 0.00522. The third kappa shape index (κ3) is 2.72. The second-order valence-corrected chi connectivity index (χ2v) is 4.23. The standard InChI is InChI=1S/C12H7ClF3N3O/c13-8-3-1-2-7(12(14,15)16)9(8)11-18-4-6(5-19-11)10(17)20/h1-5H,(H2,17,20). The molecule has 0 atom stereocenters. The Morgan fingerprint density at radius 2 is 1.80 bits per heavy atom. The highest BCUT2D eigenvalue weighted by Crippen LogP contribution is 2.39. The van der Waals surface area contributed by atoms with Gasteiger partial charge in [0.15, 0.2) is 5.82 Å². The zero-order valence-corrected chi connectivity index (χ0v) is 10.5. The van der Waals surface area contributed by atoms with E-state index in [9.17, 15) is 18.0 Å². The number of nitrogens with two attached hydrogens (primary N) is 1. The molecule has 20 heavy (non-hydrogen) atoms. The highest BCUT2D eigenvalue weighted by molar-refractivity contribution is 6.33. The first-order chi connectivity index (χ1) is 9.30. The topological polar surface area (TPSA) is 68.9 Å². The lowest BCUT2D eigenvalue weighted by molar-refractivity contribution is -0.137. The summed E-state index contributed by atoms with van der Waals surface area (Å²) in [7, 11) is 0. The zero-order valence-electron chi connectivity index (χ0n) is 9.78. The third-order valence-corrected chi connectivity index (χ3v) is 2.79. The molecule has 2 aromatic rings. The zero-order chi connectivity index (χ0) is 14.9. The van der Waals surface area contributed by atoms with Gasteiger partial charge in [0.2, 0.25) is 0 Å². The van der Waals surface area contributed by atoms with Crippen molar-refractivity contribution in [2.24, 2.45) is 5.73 Å². The Morgan fingerprint density at radius 1 is 1.20 bits per heavy atom. The maximum Gasteiger partial charge on any atom is 0.417 e. The summed E-state index contributed by atoms with van der Waals surface area (Å²) < 4.78 is 38.8. The molecule has 0 aliphatic heterocycles. The van der Waals surface area contributed by atoms with Gasteiger partial charge in [-0.05, 0) is 12.1 Å². The van der Waals surface area contributed by atoms with E-state index >= 15 is 0 Å². The van der Waals surface area contributed by atoms with E-state index in [0.717, 1.165) is 18.5 Å². The Morgan fingerprint density at radius 3 is 2.30 bits per heavy atom. The van der Waals surface area contributed by atoms with Crippen molar-refractivity contribution < 1.29 is 18.0 Å². The number of primary amides is 1. The van der Waals surface area contributed by atoms with E-state index in [1.165, 1.54) is 12.1 Å². The number of carbonyl (C=O) groups excluding carboxylic acids is 1. The molecule has 1 aromatic carbocycles. The molecule has 0 radical (unpaired) electrons. The fourth-order valence-electron chi connectivity index (χ4n) is 1.57. The molecule has 0 bridgehead atoms. The van der Waals surface area contributed by atoms with Gasteiger partial charge in [0.25, 0.3) is 5.91 Å². The van der Waals surface area contributed by atoms with Gasteiger partial charge in [0, 0.05) is 18.0 Å². The van der Waals surface area contributed by atoms with E-state index in [4.69, 9.17) is 17.3 Å². The number of amides is 1. The molecule has 1 amide bonds. The maximum absolute atomic E-state index is 12.9. The van der Waals surface area contributed by atoms with Crippen molar-refractivity contribution in [1.29, 1.82) is 0 Å². The number of nitrogens with zero attached hydrogens (tertiary/aromatic N) is 2. The molecule has 2 rings (SSSR count). The number of hydrogen-bond donors (Lipinski definition) is 1. The van der Waals surface area contributed by atoms with Crippen LogP contribution in [0.4, 0.5) is 13.2 Å². The molecule has 0 fully saturated rings. The first-order valence-corrected chi connectivity index (χ1v) is 5.66. The van der Waals surface area contributed by atoms with Crippen molar-refractivity contribution in [3.8, 4) is 11.4 Å². The Hall–Kier alpha value is -2.15. The molecule has 104 valence electrons.